The topological polar surface area (TPSA) is 59.4 Å². The fourth-order valence-electron chi connectivity index (χ4n) is 3.41. The minimum absolute atomic E-state index is 0.0193. The van der Waals surface area contributed by atoms with Crippen molar-refractivity contribution in [3.8, 4) is 5.75 Å². The molecule has 2 aromatic rings. The molecule has 1 aromatic carbocycles. The molecule has 1 aromatic heterocycles. The van der Waals surface area contributed by atoms with E-state index in [0.717, 1.165) is 43.2 Å². The molecule has 1 amide bonds. The maximum absolute atomic E-state index is 12.3. The zero-order chi connectivity index (χ0) is 17.8. The molecule has 2 heterocycles. The summed E-state index contributed by atoms with van der Waals surface area (Å²) in [4.78, 5) is 14.5. The Morgan fingerprint density at radius 2 is 1.96 bits per heavy atom. The molecule has 0 radical (unpaired) electrons. The highest BCUT2D eigenvalue weighted by Gasteiger charge is 2.22. The first-order valence-electron chi connectivity index (χ1n) is 8.72. The van der Waals surface area contributed by atoms with Gasteiger partial charge in [-0.1, -0.05) is 12.1 Å². The zero-order valence-corrected chi connectivity index (χ0v) is 15.2. The predicted molar refractivity (Wildman–Crippen MR) is 98.0 cm³/mol. The van der Waals surface area contributed by atoms with Crippen LogP contribution in [0.25, 0.3) is 0 Å². The van der Waals surface area contributed by atoms with Gasteiger partial charge in [-0.2, -0.15) is 5.10 Å². The van der Waals surface area contributed by atoms with E-state index in [1.165, 1.54) is 5.56 Å². The van der Waals surface area contributed by atoms with E-state index < -0.39 is 0 Å². The van der Waals surface area contributed by atoms with Crippen LogP contribution in [0.3, 0.4) is 0 Å². The lowest BCUT2D eigenvalue weighted by molar-refractivity contribution is -0.117. The summed E-state index contributed by atoms with van der Waals surface area (Å²) in [5.74, 6) is 2.22. The van der Waals surface area contributed by atoms with Crippen LogP contribution >= 0.6 is 0 Å². The van der Waals surface area contributed by atoms with Crippen LogP contribution in [0.2, 0.25) is 0 Å². The lowest BCUT2D eigenvalue weighted by Crippen LogP contribution is -2.38. The number of amides is 1. The fourth-order valence-corrected chi connectivity index (χ4v) is 3.41. The van der Waals surface area contributed by atoms with E-state index in [4.69, 9.17) is 4.74 Å². The lowest BCUT2D eigenvalue weighted by Gasteiger charge is -2.31. The molecular formula is C19H26N4O2. The Balaban J connectivity index is 1.48. The van der Waals surface area contributed by atoms with Gasteiger partial charge in [0, 0.05) is 13.1 Å². The Morgan fingerprint density at radius 1 is 1.28 bits per heavy atom. The quantitative estimate of drug-likeness (QED) is 0.907. The molecule has 6 nitrogen and oxygen atoms in total. The van der Waals surface area contributed by atoms with E-state index in [9.17, 15) is 4.79 Å². The van der Waals surface area contributed by atoms with Crippen molar-refractivity contribution in [1.29, 1.82) is 0 Å². The number of piperidine rings is 1. The highest BCUT2D eigenvalue weighted by atomic mass is 16.5. The largest absolute Gasteiger partial charge is 0.497 e. The summed E-state index contributed by atoms with van der Waals surface area (Å²) in [7, 11) is 3.52. The molecule has 1 saturated heterocycles. The monoisotopic (exact) mass is 342 g/mol. The second-order valence-electron chi connectivity index (χ2n) is 6.67. The highest BCUT2D eigenvalue weighted by Crippen LogP contribution is 2.29. The van der Waals surface area contributed by atoms with Gasteiger partial charge < -0.3 is 10.1 Å². The molecule has 0 aliphatic carbocycles. The molecular weight excluding hydrogens is 316 g/mol. The summed E-state index contributed by atoms with van der Waals surface area (Å²) < 4.78 is 6.91. The van der Waals surface area contributed by atoms with Crippen molar-refractivity contribution < 1.29 is 9.53 Å². The first-order valence-corrected chi connectivity index (χ1v) is 8.72. The van der Waals surface area contributed by atoms with Crippen molar-refractivity contribution in [2.45, 2.75) is 25.7 Å². The maximum atomic E-state index is 12.3. The summed E-state index contributed by atoms with van der Waals surface area (Å²) in [5, 5.41) is 7.19. The number of likely N-dealkylation sites (tertiary alicyclic amines) is 1. The number of aromatic nitrogens is 2. The third kappa shape index (κ3) is 4.39. The summed E-state index contributed by atoms with van der Waals surface area (Å²) in [6.45, 7) is 4.22. The number of ether oxygens (including phenoxy) is 1. The minimum atomic E-state index is 0.0193. The normalized spacial score (nSPS) is 16.0. The average Bonchev–Trinajstić information content (AvgIpc) is 2.92. The Bertz CT molecular complexity index is 716. The molecule has 1 fully saturated rings. The molecule has 134 valence electrons. The van der Waals surface area contributed by atoms with E-state index >= 15 is 0 Å². The van der Waals surface area contributed by atoms with Crippen LogP contribution < -0.4 is 10.1 Å². The van der Waals surface area contributed by atoms with Gasteiger partial charge in [-0.25, -0.2) is 0 Å². The van der Waals surface area contributed by atoms with Gasteiger partial charge in [-0.15, -0.1) is 0 Å². The zero-order valence-electron chi connectivity index (χ0n) is 15.2. The number of rotatable bonds is 5. The van der Waals surface area contributed by atoms with Crippen molar-refractivity contribution in [1.82, 2.24) is 14.7 Å². The number of methoxy groups -OCH3 is 1. The standard InChI is InChI=1S/C19H26N4O2/c1-14-12-18(22(2)21-14)20-19(24)13-23-10-8-16(9-11-23)15-4-6-17(25-3)7-5-15/h4-7,12,16H,8-11,13H2,1-3H3,(H,20,24). The molecule has 1 N–H and O–H groups in total. The molecule has 0 bridgehead atoms. The Hall–Kier alpha value is -2.34. The van der Waals surface area contributed by atoms with Gasteiger partial charge in [0.1, 0.15) is 11.6 Å². The minimum Gasteiger partial charge on any atom is -0.497 e. The molecule has 0 saturated carbocycles. The molecule has 0 unspecified atom stereocenters. The van der Waals surface area contributed by atoms with Crippen molar-refractivity contribution in [2.24, 2.45) is 7.05 Å². The number of nitrogens with zero attached hydrogens (tertiary/aromatic N) is 3. The smallest absolute Gasteiger partial charge is 0.239 e. The summed E-state index contributed by atoms with van der Waals surface area (Å²) in [6.07, 6.45) is 2.15. The van der Waals surface area contributed by atoms with Gasteiger partial charge in [0.25, 0.3) is 0 Å². The molecule has 25 heavy (non-hydrogen) atoms. The van der Waals surface area contributed by atoms with Crippen molar-refractivity contribution in [2.75, 3.05) is 32.1 Å². The Morgan fingerprint density at radius 3 is 2.52 bits per heavy atom. The number of aryl methyl sites for hydroxylation is 2. The van der Waals surface area contributed by atoms with E-state index in [1.807, 2.05) is 32.2 Å². The number of carbonyl (C=O) groups excluding carboxylic acids is 1. The van der Waals surface area contributed by atoms with Gasteiger partial charge in [0.2, 0.25) is 5.91 Å². The van der Waals surface area contributed by atoms with Gasteiger partial charge in [0.15, 0.2) is 0 Å². The second-order valence-corrected chi connectivity index (χ2v) is 6.67. The highest BCUT2D eigenvalue weighted by molar-refractivity contribution is 5.91. The van der Waals surface area contributed by atoms with Gasteiger partial charge >= 0.3 is 0 Å². The first-order chi connectivity index (χ1) is 12.0. The van der Waals surface area contributed by atoms with Crippen LogP contribution in [-0.2, 0) is 11.8 Å². The molecule has 1 aliphatic heterocycles. The summed E-state index contributed by atoms with van der Waals surface area (Å²) >= 11 is 0. The van der Waals surface area contributed by atoms with Crippen LogP contribution in [-0.4, -0.2) is 47.3 Å². The number of benzene rings is 1. The van der Waals surface area contributed by atoms with Crippen LogP contribution in [0, 0.1) is 6.92 Å². The van der Waals surface area contributed by atoms with Crippen molar-refractivity contribution >= 4 is 11.7 Å². The molecule has 0 atom stereocenters. The lowest BCUT2D eigenvalue weighted by atomic mass is 9.89. The number of hydrogen-bond donors (Lipinski definition) is 1. The fraction of sp³-hybridized carbons (Fsp3) is 0.474. The second kappa shape index (κ2) is 7.70. The van der Waals surface area contributed by atoms with E-state index in [2.05, 4.69) is 27.4 Å². The Labute approximate surface area is 148 Å². The predicted octanol–water partition coefficient (Wildman–Crippen LogP) is 2.56. The molecule has 1 aliphatic rings. The molecule has 3 rings (SSSR count). The van der Waals surface area contributed by atoms with Crippen LogP contribution in [0.4, 0.5) is 5.82 Å². The third-order valence-corrected chi connectivity index (χ3v) is 4.81. The van der Waals surface area contributed by atoms with Crippen LogP contribution in [0.5, 0.6) is 5.75 Å². The Kier molecular flexibility index (Phi) is 5.38. The molecule has 6 heteroatoms. The van der Waals surface area contributed by atoms with Gasteiger partial charge in [0.05, 0.1) is 19.3 Å². The molecule has 0 spiro atoms. The van der Waals surface area contributed by atoms with Crippen molar-refractivity contribution in [3.63, 3.8) is 0 Å². The summed E-state index contributed by atoms with van der Waals surface area (Å²) in [6, 6.07) is 10.2. The maximum Gasteiger partial charge on any atom is 0.239 e. The number of nitrogens with one attached hydrogen (secondary N) is 1. The number of hydrogen-bond acceptors (Lipinski definition) is 4. The summed E-state index contributed by atoms with van der Waals surface area (Å²) in [5.41, 5.74) is 2.26. The van der Waals surface area contributed by atoms with Gasteiger partial charge in [-0.3, -0.25) is 14.4 Å². The van der Waals surface area contributed by atoms with E-state index in [1.54, 1.807) is 11.8 Å². The number of anilines is 1. The SMILES string of the molecule is COc1ccc(C2CCN(CC(=O)Nc3cc(C)nn3C)CC2)cc1. The van der Waals surface area contributed by atoms with E-state index in [-0.39, 0.29) is 5.91 Å². The average molecular weight is 342 g/mol. The van der Waals surface area contributed by atoms with Crippen LogP contribution in [0.1, 0.15) is 30.0 Å². The van der Waals surface area contributed by atoms with Crippen LogP contribution in [0.15, 0.2) is 30.3 Å². The van der Waals surface area contributed by atoms with E-state index in [0.29, 0.717) is 12.5 Å². The first kappa shape index (κ1) is 17.5. The van der Waals surface area contributed by atoms with Crippen molar-refractivity contribution in [3.05, 3.63) is 41.6 Å². The van der Waals surface area contributed by atoms with Gasteiger partial charge in [-0.05, 0) is 56.5 Å². The number of carbonyl (C=O) groups is 1. The third-order valence-electron chi connectivity index (χ3n) is 4.81.